The third kappa shape index (κ3) is 3.99. The van der Waals surface area contributed by atoms with Gasteiger partial charge in [0.05, 0.1) is 0 Å². The van der Waals surface area contributed by atoms with Crippen LogP contribution in [-0.4, -0.2) is 11.4 Å². The van der Waals surface area contributed by atoms with Gasteiger partial charge in [0, 0.05) is 6.92 Å². The second-order valence-electron chi connectivity index (χ2n) is 1.45. The minimum Gasteiger partial charge on any atom is -0.451 e. The van der Waals surface area contributed by atoms with E-state index in [2.05, 4.69) is 17.4 Å². The second-order valence-corrected chi connectivity index (χ2v) is 1.97. The Bertz CT molecular complexity index is 82.5. The van der Waals surface area contributed by atoms with Crippen LogP contribution in [0.2, 0.25) is 0 Å². The van der Waals surface area contributed by atoms with Crippen LogP contribution >= 0.6 is 12.6 Å². The summed E-state index contributed by atoms with van der Waals surface area (Å²) < 4.78 is 4.58. The van der Waals surface area contributed by atoms with E-state index < -0.39 is 0 Å². The number of carbonyl (C=O) groups is 1. The summed E-state index contributed by atoms with van der Waals surface area (Å²) in [6.07, 6.45) is 0.703. The number of hydrogen-bond acceptors (Lipinski definition) is 2. The molecule has 8 heavy (non-hydrogen) atoms. The topological polar surface area (TPSA) is 26.3 Å². The Morgan fingerprint density at radius 3 is 2.50 bits per heavy atom. The lowest BCUT2D eigenvalue weighted by molar-refractivity contribution is -0.142. The maximum Gasteiger partial charge on any atom is 0.303 e. The van der Waals surface area contributed by atoms with E-state index in [1.807, 2.05) is 6.92 Å². The fraction of sp³-hybridized carbons (Fsp3) is 0.800. The van der Waals surface area contributed by atoms with Crippen LogP contribution in [0.25, 0.3) is 0 Å². The molecule has 0 aromatic heterocycles. The predicted molar refractivity (Wildman–Crippen MR) is 33.4 cm³/mol. The highest BCUT2D eigenvalue weighted by atomic mass is 32.1. The molecule has 0 N–H and O–H groups in total. The molecule has 0 rings (SSSR count). The van der Waals surface area contributed by atoms with Gasteiger partial charge in [-0.05, 0) is 19.0 Å². The molecule has 0 aliphatic rings. The lowest BCUT2D eigenvalue weighted by atomic mass is 10.5. The molecule has 2 nitrogen and oxygen atoms in total. The van der Waals surface area contributed by atoms with Gasteiger partial charge in [-0.2, -0.15) is 0 Å². The Morgan fingerprint density at radius 2 is 2.38 bits per heavy atom. The third-order valence-corrected chi connectivity index (χ3v) is 1.06. The molecule has 1 radical (unpaired) electrons. The van der Waals surface area contributed by atoms with Crippen LogP contribution < -0.4 is 0 Å². The molecule has 0 saturated heterocycles. The summed E-state index contributed by atoms with van der Waals surface area (Å²) in [6.45, 7) is 3.23. The van der Waals surface area contributed by atoms with Crippen LogP contribution in [0.1, 0.15) is 20.3 Å². The van der Waals surface area contributed by atoms with E-state index in [1.54, 1.807) is 0 Å². The summed E-state index contributed by atoms with van der Waals surface area (Å²) in [5.41, 5.74) is -0.340. The van der Waals surface area contributed by atoms with Crippen molar-refractivity contribution in [3.8, 4) is 0 Å². The first-order chi connectivity index (χ1) is 3.66. The van der Waals surface area contributed by atoms with Crippen molar-refractivity contribution in [2.24, 2.45) is 0 Å². The van der Waals surface area contributed by atoms with Crippen LogP contribution in [0.5, 0.6) is 0 Å². The van der Waals surface area contributed by atoms with Gasteiger partial charge in [-0.3, -0.25) is 4.79 Å². The number of hydrogen-bond donors (Lipinski definition) is 0. The SMILES string of the molecule is CCC([S])OC(C)=O. The molecule has 0 saturated carbocycles. The Morgan fingerprint density at radius 1 is 1.88 bits per heavy atom. The van der Waals surface area contributed by atoms with Gasteiger partial charge in [0.2, 0.25) is 0 Å². The predicted octanol–water partition coefficient (Wildman–Crippen LogP) is 1.48. The normalized spacial score (nSPS) is 12.9. The van der Waals surface area contributed by atoms with E-state index in [0.29, 0.717) is 6.42 Å². The molecule has 1 unspecified atom stereocenters. The summed E-state index contributed by atoms with van der Waals surface area (Å²) in [5, 5.41) is 0. The van der Waals surface area contributed by atoms with Crippen molar-refractivity contribution in [1.82, 2.24) is 0 Å². The Balaban J connectivity index is 3.24. The lowest BCUT2D eigenvalue weighted by Gasteiger charge is -2.04. The molecular formula is C5H9O2S. The van der Waals surface area contributed by atoms with E-state index >= 15 is 0 Å². The van der Waals surface area contributed by atoms with E-state index in [1.165, 1.54) is 6.92 Å². The smallest absolute Gasteiger partial charge is 0.303 e. The van der Waals surface area contributed by atoms with E-state index in [9.17, 15) is 4.79 Å². The zero-order chi connectivity index (χ0) is 6.57. The van der Waals surface area contributed by atoms with E-state index in [-0.39, 0.29) is 11.4 Å². The monoisotopic (exact) mass is 133 g/mol. The Hall–Kier alpha value is -0.180. The molecular weight excluding hydrogens is 124 g/mol. The number of ether oxygens (including phenoxy) is 1. The largest absolute Gasteiger partial charge is 0.451 e. The van der Waals surface area contributed by atoms with Gasteiger partial charge >= 0.3 is 5.97 Å². The van der Waals surface area contributed by atoms with Crippen molar-refractivity contribution in [3.63, 3.8) is 0 Å². The van der Waals surface area contributed by atoms with Crippen molar-refractivity contribution >= 4 is 18.6 Å². The van der Waals surface area contributed by atoms with Crippen LogP contribution in [0, 0.1) is 0 Å². The fourth-order valence-electron chi connectivity index (χ4n) is 0.268. The van der Waals surface area contributed by atoms with Gasteiger partial charge in [-0.1, -0.05) is 6.92 Å². The van der Waals surface area contributed by atoms with Crippen LogP contribution in [0.4, 0.5) is 0 Å². The minimum absolute atomic E-state index is 0.299. The number of esters is 1. The fourth-order valence-corrected chi connectivity index (χ4v) is 0.404. The molecule has 0 amide bonds. The molecule has 0 fully saturated rings. The van der Waals surface area contributed by atoms with Gasteiger partial charge in [-0.25, -0.2) is 0 Å². The Kier molecular flexibility index (Phi) is 3.69. The van der Waals surface area contributed by atoms with Gasteiger partial charge in [0.1, 0.15) is 0 Å². The summed E-state index contributed by atoms with van der Waals surface area (Å²) in [5.74, 6) is -0.299. The average molecular weight is 133 g/mol. The molecule has 0 aromatic rings. The van der Waals surface area contributed by atoms with E-state index in [0.717, 1.165) is 0 Å². The van der Waals surface area contributed by atoms with Crippen LogP contribution in [-0.2, 0) is 9.53 Å². The summed E-state index contributed by atoms with van der Waals surface area (Å²) in [4.78, 5) is 10.1. The molecule has 0 heterocycles. The van der Waals surface area contributed by atoms with Gasteiger partial charge < -0.3 is 4.74 Å². The minimum atomic E-state index is -0.340. The maximum atomic E-state index is 10.1. The van der Waals surface area contributed by atoms with Crippen molar-refractivity contribution in [1.29, 1.82) is 0 Å². The number of rotatable bonds is 2. The second kappa shape index (κ2) is 3.78. The van der Waals surface area contributed by atoms with Gasteiger partial charge in [0.15, 0.2) is 5.44 Å². The highest BCUT2D eigenvalue weighted by Gasteiger charge is 2.01. The summed E-state index contributed by atoms with van der Waals surface area (Å²) in [7, 11) is 0. The lowest BCUT2D eigenvalue weighted by Crippen LogP contribution is -2.07. The van der Waals surface area contributed by atoms with E-state index in [4.69, 9.17) is 0 Å². The molecule has 1 atom stereocenters. The molecule has 0 aliphatic heterocycles. The van der Waals surface area contributed by atoms with Crippen molar-refractivity contribution < 1.29 is 9.53 Å². The first-order valence-electron chi connectivity index (χ1n) is 2.50. The standard InChI is InChI=1S/C5H9O2S/c1-3-5(8)7-4(2)6/h5H,3H2,1-2H3. The third-order valence-electron chi connectivity index (χ3n) is 0.631. The average Bonchev–Trinajstić information content (AvgIpc) is 1.65. The molecule has 0 aromatic carbocycles. The molecule has 0 bridgehead atoms. The first-order valence-corrected chi connectivity index (χ1v) is 2.97. The van der Waals surface area contributed by atoms with Crippen LogP contribution in [0.15, 0.2) is 0 Å². The van der Waals surface area contributed by atoms with Crippen molar-refractivity contribution in [2.75, 3.05) is 0 Å². The van der Waals surface area contributed by atoms with Gasteiger partial charge in [-0.15, -0.1) is 0 Å². The van der Waals surface area contributed by atoms with Crippen molar-refractivity contribution in [2.45, 2.75) is 25.7 Å². The zero-order valence-electron chi connectivity index (χ0n) is 5.01. The molecule has 47 valence electrons. The van der Waals surface area contributed by atoms with Gasteiger partial charge in [0.25, 0.3) is 0 Å². The summed E-state index contributed by atoms with van der Waals surface area (Å²) in [6, 6.07) is 0. The van der Waals surface area contributed by atoms with Crippen LogP contribution in [0.3, 0.4) is 0 Å². The highest BCUT2D eigenvalue weighted by Crippen LogP contribution is 2.01. The molecule has 0 aliphatic carbocycles. The maximum absolute atomic E-state index is 10.1. The number of carbonyl (C=O) groups excluding carboxylic acids is 1. The van der Waals surface area contributed by atoms with Crippen molar-refractivity contribution in [3.05, 3.63) is 0 Å². The first kappa shape index (κ1) is 7.82. The highest BCUT2D eigenvalue weighted by molar-refractivity contribution is 7.80. The molecule has 3 heteroatoms. The zero-order valence-corrected chi connectivity index (χ0v) is 5.83. The summed E-state index contributed by atoms with van der Waals surface area (Å²) >= 11 is 4.67. The quantitative estimate of drug-likeness (QED) is 0.533. The molecule has 0 spiro atoms. The Labute approximate surface area is 54.6 Å².